The van der Waals surface area contributed by atoms with Crippen molar-refractivity contribution in [3.8, 4) is 0 Å². The maximum atomic E-state index is 11.5. The lowest BCUT2D eigenvalue weighted by Gasteiger charge is -2.19. The Bertz CT molecular complexity index is 301. The Labute approximate surface area is 94.0 Å². The summed E-state index contributed by atoms with van der Waals surface area (Å²) in [6, 6.07) is 0. The molecule has 0 aliphatic carbocycles. The van der Waals surface area contributed by atoms with Crippen LogP contribution in [-0.2, 0) is 19.1 Å². The van der Waals surface area contributed by atoms with Gasteiger partial charge < -0.3 is 14.6 Å². The van der Waals surface area contributed by atoms with Gasteiger partial charge in [-0.3, -0.25) is 4.79 Å². The molecule has 0 radical (unpaired) electrons. The fourth-order valence-electron chi connectivity index (χ4n) is 1.35. The van der Waals surface area contributed by atoms with Crippen LogP contribution in [0.4, 0.5) is 0 Å². The SMILES string of the molecule is C=C(CC(=O)O)C(=O)OC(C(C)C)C1CO1. The third kappa shape index (κ3) is 3.66. The zero-order valence-electron chi connectivity index (χ0n) is 9.43. The van der Waals surface area contributed by atoms with Crippen molar-refractivity contribution in [2.75, 3.05) is 6.61 Å². The van der Waals surface area contributed by atoms with Crippen LogP contribution in [0.15, 0.2) is 12.2 Å². The van der Waals surface area contributed by atoms with E-state index in [-0.39, 0.29) is 23.7 Å². The van der Waals surface area contributed by atoms with Gasteiger partial charge in [0.1, 0.15) is 12.2 Å². The molecule has 0 spiro atoms. The Balaban J connectivity index is 2.48. The Morgan fingerprint density at radius 1 is 1.56 bits per heavy atom. The fourth-order valence-corrected chi connectivity index (χ4v) is 1.35. The quantitative estimate of drug-likeness (QED) is 0.416. The third-order valence-corrected chi connectivity index (χ3v) is 2.28. The summed E-state index contributed by atoms with van der Waals surface area (Å²) in [5.74, 6) is -1.61. The van der Waals surface area contributed by atoms with Crippen molar-refractivity contribution in [3.05, 3.63) is 12.2 Å². The molecular weight excluding hydrogens is 212 g/mol. The topological polar surface area (TPSA) is 76.1 Å². The highest BCUT2D eigenvalue weighted by molar-refractivity contribution is 5.92. The van der Waals surface area contributed by atoms with Crippen molar-refractivity contribution in [3.63, 3.8) is 0 Å². The molecule has 0 aromatic heterocycles. The van der Waals surface area contributed by atoms with Crippen LogP contribution < -0.4 is 0 Å². The molecule has 0 bridgehead atoms. The lowest BCUT2D eigenvalue weighted by molar-refractivity contribution is -0.149. The number of hydrogen-bond donors (Lipinski definition) is 1. The van der Waals surface area contributed by atoms with E-state index < -0.39 is 18.4 Å². The summed E-state index contributed by atoms with van der Waals surface area (Å²) in [5, 5.41) is 8.50. The van der Waals surface area contributed by atoms with Crippen molar-refractivity contribution in [1.29, 1.82) is 0 Å². The second-order valence-corrected chi connectivity index (χ2v) is 4.16. The summed E-state index contributed by atoms with van der Waals surface area (Å²) in [4.78, 5) is 21.9. The number of carbonyl (C=O) groups is 2. The number of ether oxygens (including phenoxy) is 2. The minimum absolute atomic E-state index is 0.0428. The van der Waals surface area contributed by atoms with Crippen molar-refractivity contribution < 1.29 is 24.2 Å². The Hall–Kier alpha value is -1.36. The summed E-state index contributed by atoms with van der Waals surface area (Å²) < 4.78 is 10.2. The molecule has 1 heterocycles. The van der Waals surface area contributed by atoms with Gasteiger partial charge in [0.15, 0.2) is 0 Å². The fraction of sp³-hybridized carbons (Fsp3) is 0.636. The van der Waals surface area contributed by atoms with Gasteiger partial charge in [0.2, 0.25) is 0 Å². The Morgan fingerprint density at radius 3 is 2.50 bits per heavy atom. The van der Waals surface area contributed by atoms with Gasteiger partial charge in [0.05, 0.1) is 13.0 Å². The molecule has 0 aromatic carbocycles. The first-order valence-corrected chi connectivity index (χ1v) is 5.14. The summed E-state index contributed by atoms with van der Waals surface area (Å²) in [6.45, 7) is 7.81. The largest absolute Gasteiger partial charge is 0.481 e. The van der Waals surface area contributed by atoms with Crippen LogP contribution in [0.3, 0.4) is 0 Å². The highest BCUT2D eigenvalue weighted by atomic mass is 16.6. The summed E-state index contributed by atoms with van der Waals surface area (Å²) >= 11 is 0. The van der Waals surface area contributed by atoms with Crippen LogP contribution in [-0.4, -0.2) is 35.9 Å². The number of esters is 1. The van der Waals surface area contributed by atoms with Crippen molar-refractivity contribution in [2.24, 2.45) is 5.92 Å². The second-order valence-electron chi connectivity index (χ2n) is 4.16. The molecule has 0 aromatic rings. The summed E-state index contributed by atoms with van der Waals surface area (Å²) in [7, 11) is 0. The van der Waals surface area contributed by atoms with E-state index in [2.05, 4.69) is 6.58 Å². The van der Waals surface area contributed by atoms with Gasteiger partial charge in [0, 0.05) is 5.57 Å². The van der Waals surface area contributed by atoms with E-state index in [9.17, 15) is 9.59 Å². The number of rotatable bonds is 6. The van der Waals surface area contributed by atoms with Crippen molar-refractivity contribution in [1.82, 2.24) is 0 Å². The Kier molecular flexibility index (Phi) is 4.06. The minimum Gasteiger partial charge on any atom is -0.481 e. The summed E-state index contributed by atoms with van der Waals surface area (Å²) in [6.07, 6.45) is -0.769. The molecule has 0 saturated carbocycles. The molecule has 2 atom stereocenters. The minimum atomic E-state index is -1.09. The zero-order chi connectivity index (χ0) is 12.3. The van der Waals surface area contributed by atoms with Crippen LogP contribution in [0.5, 0.6) is 0 Å². The first-order chi connectivity index (χ1) is 7.41. The number of aliphatic carboxylic acids is 1. The molecule has 1 fully saturated rings. The molecule has 5 heteroatoms. The monoisotopic (exact) mass is 228 g/mol. The highest BCUT2D eigenvalue weighted by Crippen LogP contribution is 2.24. The molecule has 1 rings (SSSR count). The molecule has 2 unspecified atom stereocenters. The van der Waals surface area contributed by atoms with Gasteiger partial charge in [0.25, 0.3) is 0 Å². The predicted octanol–water partition coefficient (Wildman–Crippen LogP) is 0.984. The summed E-state index contributed by atoms with van der Waals surface area (Å²) in [5.41, 5.74) is -0.0428. The number of hydrogen-bond acceptors (Lipinski definition) is 4. The maximum Gasteiger partial charge on any atom is 0.334 e. The second kappa shape index (κ2) is 5.12. The molecule has 90 valence electrons. The lowest BCUT2D eigenvalue weighted by atomic mass is 10.0. The van der Waals surface area contributed by atoms with Gasteiger partial charge in [-0.1, -0.05) is 20.4 Å². The molecule has 1 aliphatic heterocycles. The van der Waals surface area contributed by atoms with Gasteiger partial charge in [-0.2, -0.15) is 0 Å². The number of epoxide rings is 1. The number of carbonyl (C=O) groups excluding carboxylic acids is 1. The van der Waals surface area contributed by atoms with Crippen LogP contribution in [0.1, 0.15) is 20.3 Å². The lowest BCUT2D eigenvalue weighted by Crippen LogP contribution is -2.29. The van der Waals surface area contributed by atoms with Crippen LogP contribution >= 0.6 is 0 Å². The molecule has 16 heavy (non-hydrogen) atoms. The maximum absolute atomic E-state index is 11.5. The first kappa shape index (κ1) is 12.7. The molecule has 1 saturated heterocycles. The molecule has 1 aliphatic rings. The molecule has 5 nitrogen and oxygen atoms in total. The number of carboxylic acids is 1. The molecule has 0 amide bonds. The van der Waals surface area contributed by atoms with Crippen molar-refractivity contribution in [2.45, 2.75) is 32.5 Å². The van der Waals surface area contributed by atoms with Crippen molar-refractivity contribution >= 4 is 11.9 Å². The van der Waals surface area contributed by atoms with E-state index in [1.165, 1.54) is 0 Å². The van der Waals surface area contributed by atoms with Gasteiger partial charge in [-0.15, -0.1) is 0 Å². The number of carboxylic acid groups (broad SMARTS) is 1. The van der Waals surface area contributed by atoms with Crippen LogP contribution in [0, 0.1) is 5.92 Å². The normalized spacial score (nSPS) is 20.3. The highest BCUT2D eigenvalue weighted by Gasteiger charge is 2.38. The standard InChI is InChI=1S/C11H16O5/c1-6(2)10(8-5-15-8)16-11(14)7(3)4-9(12)13/h6,8,10H,3-5H2,1-2H3,(H,12,13). The van der Waals surface area contributed by atoms with Crippen LogP contribution in [0.2, 0.25) is 0 Å². The van der Waals surface area contributed by atoms with Gasteiger partial charge in [-0.25, -0.2) is 4.79 Å². The van der Waals surface area contributed by atoms with Gasteiger partial charge in [-0.05, 0) is 5.92 Å². The molecular formula is C11H16O5. The van der Waals surface area contributed by atoms with E-state index in [0.717, 1.165) is 0 Å². The third-order valence-electron chi connectivity index (χ3n) is 2.28. The van der Waals surface area contributed by atoms with E-state index in [0.29, 0.717) is 6.61 Å². The Morgan fingerprint density at radius 2 is 2.12 bits per heavy atom. The first-order valence-electron chi connectivity index (χ1n) is 5.14. The smallest absolute Gasteiger partial charge is 0.334 e. The molecule has 1 N–H and O–H groups in total. The van der Waals surface area contributed by atoms with Crippen LogP contribution in [0.25, 0.3) is 0 Å². The van der Waals surface area contributed by atoms with Gasteiger partial charge >= 0.3 is 11.9 Å². The predicted molar refractivity (Wildman–Crippen MR) is 55.9 cm³/mol. The van der Waals surface area contributed by atoms with E-state index in [4.69, 9.17) is 14.6 Å². The van der Waals surface area contributed by atoms with E-state index >= 15 is 0 Å². The zero-order valence-corrected chi connectivity index (χ0v) is 9.43. The average Bonchev–Trinajstić information content (AvgIpc) is 2.95. The van der Waals surface area contributed by atoms with E-state index in [1.807, 2.05) is 13.8 Å². The average molecular weight is 228 g/mol. The van der Waals surface area contributed by atoms with E-state index in [1.54, 1.807) is 0 Å².